The molecule has 56 valence electrons. The summed E-state index contributed by atoms with van der Waals surface area (Å²) in [6.45, 7) is 0. The SMILES string of the molecule is O=C(O)C1=CC(O)(CCl)C1. The molecule has 0 saturated carbocycles. The van der Waals surface area contributed by atoms with Crippen LogP contribution < -0.4 is 0 Å². The third-order valence-electron chi connectivity index (χ3n) is 1.45. The van der Waals surface area contributed by atoms with E-state index in [0.717, 1.165) is 0 Å². The summed E-state index contributed by atoms with van der Waals surface area (Å²) in [5, 5.41) is 17.5. The van der Waals surface area contributed by atoms with Crippen molar-refractivity contribution >= 4 is 17.6 Å². The van der Waals surface area contributed by atoms with Crippen molar-refractivity contribution in [3.05, 3.63) is 11.6 Å². The Kier molecular flexibility index (Phi) is 1.70. The van der Waals surface area contributed by atoms with Crippen LogP contribution in [0.3, 0.4) is 0 Å². The summed E-state index contributed by atoms with van der Waals surface area (Å²) >= 11 is 5.33. The molecule has 3 nitrogen and oxygen atoms in total. The highest BCUT2D eigenvalue weighted by Gasteiger charge is 2.36. The van der Waals surface area contributed by atoms with Crippen molar-refractivity contribution in [2.24, 2.45) is 0 Å². The lowest BCUT2D eigenvalue weighted by Gasteiger charge is -2.30. The summed E-state index contributed by atoms with van der Waals surface area (Å²) in [5.41, 5.74) is -0.821. The lowest BCUT2D eigenvalue weighted by atomic mass is 9.83. The molecular weight excluding hydrogens is 156 g/mol. The Morgan fingerprint density at radius 3 is 2.70 bits per heavy atom. The Balaban J connectivity index is 2.62. The quantitative estimate of drug-likeness (QED) is 0.577. The van der Waals surface area contributed by atoms with Crippen molar-refractivity contribution in [2.75, 3.05) is 5.88 Å². The van der Waals surface area contributed by atoms with Crippen molar-refractivity contribution < 1.29 is 15.0 Å². The fourth-order valence-corrected chi connectivity index (χ4v) is 1.02. The molecule has 1 rings (SSSR count). The molecule has 2 N–H and O–H groups in total. The molecule has 1 aliphatic carbocycles. The summed E-state index contributed by atoms with van der Waals surface area (Å²) in [7, 11) is 0. The Hall–Kier alpha value is -0.540. The molecule has 0 amide bonds. The van der Waals surface area contributed by atoms with E-state index in [1.807, 2.05) is 0 Å². The van der Waals surface area contributed by atoms with Crippen LogP contribution >= 0.6 is 11.6 Å². The van der Waals surface area contributed by atoms with Crippen molar-refractivity contribution in [3.63, 3.8) is 0 Å². The number of hydrogen-bond acceptors (Lipinski definition) is 2. The normalized spacial score (nSPS) is 30.8. The average Bonchev–Trinajstić information content (AvgIpc) is 1.80. The number of hydrogen-bond donors (Lipinski definition) is 2. The molecule has 0 aromatic heterocycles. The average molecular weight is 163 g/mol. The van der Waals surface area contributed by atoms with Crippen LogP contribution in [0.4, 0.5) is 0 Å². The van der Waals surface area contributed by atoms with Crippen LogP contribution in [0.15, 0.2) is 11.6 Å². The summed E-state index contributed by atoms with van der Waals surface area (Å²) in [5.74, 6) is -0.918. The maximum absolute atomic E-state index is 10.2. The number of rotatable bonds is 2. The highest BCUT2D eigenvalue weighted by molar-refractivity contribution is 6.19. The summed E-state index contributed by atoms with van der Waals surface area (Å²) < 4.78 is 0. The van der Waals surface area contributed by atoms with E-state index >= 15 is 0 Å². The molecule has 0 aromatic rings. The topological polar surface area (TPSA) is 57.5 Å². The van der Waals surface area contributed by atoms with Gasteiger partial charge in [0, 0.05) is 12.0 Å². The molecule has 4 heteroatoms. The maximum atomic E-state index is 10.2. The molecule has 0 spiro atoms. The Morgan fingerprint density at radius 2 is 2.40 bits per heavy atom. The fourth-order valence-electron chi connectivity index (χ4n) is 0.848. The minimum Gasteiger partial charge on any atom is -0.478 e. The van der Waals surface area contributed by atoms with Gasteiger partial charge in [0.25, 0.3) is 0 Å². The zero-order chi connectivity index (χ0) is 7.78. The monoisotopic (exact) mass is 162 g/mol. The molecule has 0 aromatic carbocycles. The smallest absolute Gasteiger partial charge is 0.331 e. The lowest BCUT2D eigenvalue weighted by molar-refractivity contribution is -0.134. The second-order valence-electron chi connectivity index (χ2n) is 2.39. The van der Waals surface area contributed by atoms with Crippen molar-refractivity contribution in [1.82, 2.24) is 0 Å². The number of carboxylic acids is 1. The van der Waals surface area contributed by atoms with Gasteiger partial charge < -0.3 is 10.2 Å². The fraction of sp³-hybridized carbons (Fsp3) is 0.500. The Morgan fingerprint density at radius 1 is 1.90 bits per heavy atom. The molecule has 1 atom stereocenters. The first-order chi connectivity index (χ1) is 4.57. The number of aliphatic hydroxyl groups is 1. The molecule has 0 heterocycles. The molecule has 0 saturated heterocycles. The van der Waals surface area contributed by atoms with Gasteiger partial charge in [-0.15, -0.1) is 11.6 Å². The van der Waals surface area contributed by atoms with Crippen LogP contribution in [0.5, 0.6) is 0 Å². The van der Waals surface area contributed by atoms with Gasteiger partial charge in [-0.25, -0.2) is 4.79 Å². The second-order valence-corrected chi connectivity index (χ2v) is 2.66. The third-order valence-corrected chi connectivity index (χ3v) is 1.91. The van der Waals surface area contributed by atoms with Crippen LogP contribution in [0, 0.1) is 0 Å². The highest BCUT2D eigenvalue weighted by atomic mass is 35.5. The van der Waals surface area contributed by atoms with Gasteiger partial charge in [0.2, 0.25) is 0 Å². The maximum Gasteiger partial charge on any atom is 0.331 e. The van der Waals surface area contributed by atoms with Gasteiger partial charge in [-0.05, 0) is 6.08 Å². The first kappa shape index (κ1) is 7.57. The van der Waals surface area contributed by atoms with Crippen molar-refractivity contribution in [2.45, 2.75) is 12.0 Å². The van der Waals surface area contributed by atoms with E-state index in [0.29, 0.717) is 0 Å². The zero-order valence-electron chi connectivity index (χ0n) is 5.17. The largest absolute Gasteiger partial charge is 0.478 e. The Bertz CT molecular complexity index is 199. The van der Waals surface area contributed by atoms with Crippen LogP contribution in [0.25, 0.3) is 0 Å². The van der Waals surface area contributed by atoms with E-state index in [2.05, 4.69) is 0 Å². The van der Waals surface area contributed by atoms with Gasteiger partial charge in [0.05, 0.1) is 5.88 Å². The van der Waals surface area contributed by atoms with Crippen LogP contribution in [0.1, 0.15) is 6.42 Å². The number of aliphatic carboxylic acids is 1. The minimum absolute atomic E-state index is 0.0593. The van der Waals surface area contributed by atoms with Gasteiger partial charge in [-0.3, -0.25) is 0 Å². The zero-order valence-corrected chi connectivity index (χ0v) is 5.93. The van der Waals surface area contributed by atoms with Gasteiger partial charge in [0.1, 0.15) is 5.60 Å². The molecule has 0 bridgehead atoms. The number of carboxylic acid groups (broad SMARTS) is 1. The standard InChI is InChI=1S/C6H7ClO3/c7-3-6(10)1-4(2-6)5(8)9/h1,10H,2-3H2,(H,8,9). The van der Waals surface area contributed by atoms with E-state index in [1.54, 1.807) is 0 Å². The molecule has 10 heavy (non-hydrogen) atoms. The number of carbonyl (C=O) groups is 1. The first-order valence-electron chi connectivity index (χ1n) is 2.81. The number of halogens is 1. The second kappa shape index (κ2) is 2.25. The molecule has 1 aliphatic rings. The molecular formula is C6H7ClO3. The van der Waals surface area contributed by atoms with Gasteiger partial charge in [-0.1, -0.05) is 0 Å². The van der Waals surface area contributed by atoms with E-state index in [9.17, 15) is 4.79 Å². The summed E-state index contributed by atoms with van der Waals surface area (Å²) in [4.78, 5) is 10.2. The number of alkyl halides is 1. The van der Waals surface area contributed by atoms with Gasteiger partial charge in [-0.2, -0.15) is 0 Å². The predicted molar refractivity (Wildman–Crippen MR) is 36.0 cm³/mol. The molecule has 1 unspecified atom stereocenters. The molecule has 0 fully saturated rings. The van der Waals surface area contributed by atoms with E-state index in [4.69, 9.17) is 21.8 Å². The van der Waals surface area contributed by atoms with Gasteiger partial charge >= 0.3 is 5.97 Å². The third kappa shape index (κ3) is 1.15. The minimum atomic E-state index is -1.06. The van der Waals surface area contributed by atoms with E-state index < -0.39 is 11.6 Å². The van der Waals surface area contributed by atoms with E-state index in [-0.39, 0.29) is 17.9 Å². The van der Waals surface area contributed by atoms with Gasteiger partial charge in [0.15, 0.2) is 0 Å². The van der Waals surface area contributed by atoms with Crippen molar-refractivity contribution in [3.8, 4) is 0 Å². The van der Waals surface area contributed by atoms with Crippen LogP contribution in [-0.2, 0) is 4.79 Å². The molecule has 0 radical (unpaired) electrons. The predicted octanol–water partition coefficient (Wildman–Crippen LogP) is 0.371. The van der Waals surface area contributed by atoms with Crippen LogP contribution in [-0.4, -0.2) is 27.7 Å². The van der Waals surface area contributed by atoms with Crippen LogP contribution in [0.2, 0.25) is 0 Å². The Labute approximate surface area is 62.9 Å². The lowest BCUT2D eigenvalue weighted by Crippen LogP contribution is -2.38. The van der Waals surface area contributed by atoms with Crippen molar-refractivity contribution in [1.29, 1.82) is 0 Å². The molecule has 0 aliphatic heterocycles. The first-order valence-corrected chi connectivity index (χ1v) is 3.34. The summed E-state index contributed by atoms with van der Waals surface area (Å²) in [6, 6.07) is 0. The summed E-state index contributed by atoms with van der Waals surface area (Å²) in [6.07, 6.45) is 1.44. The highest BCUT2D eigenvalue weighted by Crippen LogP contribution is 2.31. The van der Waals surface area contributed by atoms with E-state index in [1.165, 1.54) is 6.08 Å².